The van der Waals surface area contributed by atoms with Crippen molar-refractivity contribution < 1.29 is 9.53 Å². The Kier molecular flexibility index (Phi) is 4.99. The van der Waals surface area contributed by atoms with Gasteiger partial charge in [-0.2, -0.15) is 0 Å². The number of rotatable bonds is 5. The molecule has 2 aromatic rings. The number of para-hydroxylation sites is 1. The van der Waals surface area contributed by atoms with Gasteiger partial charge in [0.05, 0.1) is 0 Å². The summed E-state index contributed by atoms with van der Waals surface area (Å²) >= 11 is 0. The van der Waals surface area contributed by atoms with Crippen molar-refractivity contribution in [3.63, 3.8) is 0 Å². The van der Waals surface area contributed by atoms with Crippen molar-refractivity contribution in [2.75, 3.05) is 5.32 Å². The zero-order chi connectivity index (χ0) is 15.2. The fourth-order valence-electron chi connectivity index (χ4n) is 2.03. The molecule has 0 aliphatic rings. The van der Waals surface area contributed by atoms with Crippen molar-refractivity contribution in [3.05, 3.63) is 59.7 Å². The molecule has 2 rings (SSSR count). The molecule has 0 aliphatic heterocycles. The van der Waals surface area contributed by atoms with E-state index in [4.69, 9.17) is 4.74 Å². The Balaban J connectivity index is 2.04. The average molecular weight is 283 g/mol. The van der Waals surface area contributed by atoms with E-state index >= 15 is 0 Å². The Morgan fingerprint density at radius 3 is 2.43 bits per heavy atom. The number of nitrogens with one attached hydrogen (secondary N) is 1. The number of benzene rings is 2. The molecule has 0 unspecified atom stereocenters. The van der Waals surface area contributed by atoms with Crippen LogP contribution in [0.25, 0.3) is 0 Å². The number of anilines is 1. The third kappa shape index (κ3) is 4.09. The highest BCUT2D eigenvalue weighted by Crippen LogP contribution is 2.17. The van der Waals surface area contributed by atoms with Gasteiger partial charge in [-0.05, 0) is 55.7 Å². The molecule has 1 N–H and O–H groups in total. The molecule has 0 aliphatic carbocycles. The fraction of sp³-hybridized carbons (Fsp3) is 0.278. The number of amides is 1. The van der Waals surface area contributed by atoms with Gasteiger partial charge in [-0.15, -0.1) is 0 Å². The van der Waals surface area contributed by atoms with Gasteiger partial charge in [0.25, 0.3) is 5.91 Å². The van der Waals surface area contributed by atoms with Gasteiger partial charge >= 0.3 is 0 Å². The van der Waals surface area contributed by atoms with Crippen LogP contribution < -0.4 is 10.1 Å². The van der Waals surface area contributed by atoms with Gasteiger partial charge < -0.3 is 10.1 Å². The van der Waals surface area contributed by atoms with E-state index in [1.165, 1.54) is 5.56 Å². The lowest BCUT2D eigenvalue weighted by Gasteiger charge is -2.17. The van der Waals surface area contributed by atoms with E-state index in [1.807, 2.05) is 69.3 Å². The predicted molar refractivity (Wildman–Crippen MR) is 85.7 cm³/mol. The molecule has 0 fully saturated rings. The van der Waals surface area contributed by atoms with Crippen LogP contribution >= 0.6 is 0 Å². The zero-order valence-electron chi connectivity index (χ0n) is 12.7. The Hall–Kier alpha value is -2.29. The molecule has 0 spiro atoms. The van der Waals surface area contributed by atoms with Crippen molar-refractivity contribution in [2.24, 2.45) is 0 Å². The minimum absolute atomic E-state index is 0.121. The highest BCUT2D eigenvalue weighted by atomic mass is 16.5. The molecule has 0 aromatic heterocycles. The lowest BCUT2D eigenvalue weighted by Crippen LogP contribution is -2.32. The van der Waals surface area contributed by atoms with Gasteiger partial charge in [0.1, 0.15) is 5.75 Å². The number of aryl methyl sites for hydroxylation is 2. The van der Waals surface area contributed by atoms with Crippen LogP contribution in [0.5, 0.6) is 5.75 Å². The third-order valence-corrected chi connectivity index (χ3v) is 3.46. The van der Waals surface area contributed by atoms with E-state index in [0.29, 0.717) is 12.2 Å². The Morgan fingerprint density at radius 2 is 1.81 bits per heavy atom. The van der Waals surface area contributed by atoms with Crippen LogP contribution in [0, 0.1) is 13.8 Å². The van der Waals surface area contributed by atoms with Crippen molar-refractivity contribution in [1.29, 1.82) is 0 Å². The van der Waals surface area contributed by atoms with Crippen LogP contribution in [0.1, 0.15) is 24.5 Å². The molecule has 0 saturated carbocycles. The first-order valence-electron chi connectivity index (χ1n) is 7.20. The minimum atomic E-state index is -0.492. The second-order valence-electron chi connectivity index (χ2n) is 5.12. The van der Waals surface area contributed by atoms with Gasteiger partial charge in [0.2, 0.25) is 0 Å². The monoisotopic (exact) mass is 283 g/mol. The zero-order valence-corrected chi connectivity index (χ0v) is 12.7. The predicted octanol–water partition coefficient (Wildman–Crippen LogP) is 4.10. The molecule has 3 heteroatoms. The van der Waals surface area contributed by atoms with Crippen LogP contribution in [0.4, 0.5) is 5.69 Å². The summed E-state index contributed by atoms with van der Waals surface area (Å²) in [5.74, 6) is 0.587. The summed E-state index contributed by atoms with van der Waals surface area (Å²) in [4.78, 5) is 12.3. The lowest BCUT2D eigenvalue weighted by atomic mass is 10.1. The van der Waals surface area contributed by atoms with E-state index in [1.54, 1.807) is 0 Å². The molecule has 2 aromatic carbocycles. The molecule has 1 amide bonds. The Labute approximate surface area is 126 Å². The summed E-state index contributed by atoms with van der Waals surface area (Å²) in [6.45, 7) is 6.02. The molecule has 3 nitrogen and oxygen atoms in total. The lowest BCUT2D eigenvalue weighted by molar-refractivity contribution is -0.122. The van der Waals surface area contributed by atoms with Crippen LogP contribution in [-0.2, 0) is 4.79 Å². The van der Waals surface area contributed by atoms with E-state index < -0.39 is 6.10 Å². The number of hydrogen-bond donors (Lipinski definition) is 1. The maximum absolute atomic E-state index is 12.3. The molecule has 110 valence electrons. The Bertz CT molecular complexity index is 608. The number of ether oxygens (including phenoxy) is 1. The van der Waals surface area contributed by atoms with Crippen molar-refractivity contribution in [1.82, 2.24) is 0 Å². The number of carbonyl (C=O) groups is 1. The van der Waals surface area contributed by atoms with Crippen molar-refractivity contribution in [3.8, 4) is 5.75 Å². The summed E-state index contributed by atoms with van der Waals surface area (Å²) in [7, 11) is 0. The highest BCUT2D eigenvalue weighted by Gasteiger charge is 2.18. The quantitative estimate of drug-likeness (QED) is 0.897. The van der Waals surface area contributed by atoms with Crippen LogP contribution in [0.2, 0.25) is 0 Å². The smallest absolute Gasteiger partial charge is 0.265 e. The van der Waals surface area contributed by atoms with Crippen LogP contribution in [0.3, 0.4) is 0 Å². The molecule has 0 bridgehead atoms. The van der Waals surface area contributed by atoms with E-state index in [2.05, 4.69) is 5.32 Å². The molecule has 1 atom stereocenters. The molecule has 0 radical (unpaired) electrons. The summed E-state index contributed by atoms with van der Waals surface area (Å²) < 4.78 is 5.74. The third-order valence-electron chi connectivity index (χ3n) is 3.46. The van der Waals surface area contributed by atoms with Crippen LogP contribution in [0.15, 0.2) is 48.5 Å². The van der Waals surface area contributed by atoms with E-state index in [0.717, 1.165) is 11.3 Å². The maximum Gasteiger partial charge on any atom is 0.265 e. The molecule has 0 heterocycles. The second-order valence-corrected chi connectivity index (χ2v) is 5.12. The largest absolute Gasteiger partial charge is 0.481 e. The standard InChI is InChI=1S/C18H21NO2/c1-4-17(21-16-8-6-5-7-9-16)18(20)19-15-11-10-13(2)14(3)12-15/h5-12,17H,4H2,1-3H3,(H,19,20)/t17-/m1/s1. The summed E-state index contributed by atoms with van der Waals surface area (Å²) in [6.07, 6.45) is 0.125. The molecular formula is C18H21NO2. The van der Waals surface area contributed by atoms with Crippen LogP contribution in [-0.4, -0.2) is 12.0 Å². The van der Waals surface area contributed by atoms with E-state index in [9.17, 15) is 4.79 Å². The normalized spacial score (nSPS) is 11.8. The van der Waals surface area contributed by atoms with Gasteiger partial charge in [-0.25, -0.2) is 0 Å². The van der Waals surface area contributed by atoms with Crippen molar-refractivity contribution >= 4 is 11.6 Å². The van der Waals surface area contributed by atoms with E-state index in [-0.39, 0.29) is 5.91 Å². The topological polar surface area (TPSA) is 38.3 Å². The highest BCUT2D eigenvalue weighted by molar-refractivity contribution is 5.94. The first-order chi connectivity index (χ1) is 10.1. The maximum atomic E-state index is 12.3. The SMILES string of the molecule is CC[C@@H](Oc1ccccc1)C(=O)Nc1ccc(C)c(C)c1. The van der Waals surface area contributed by atoms with Crippen molar-refractivity contribution in [2.45, 2.75) is 33.3 Å². The second kappa shape index (κ2) is 6.93. The summed E-state index contributed by atoms with van der Waals surface area (Å²) in [5.41, 5.74) is 3.17. The molecule has 21 heavy (non-hydrogen) atoms. The molecular weight excluding hydrogens is 262 g/mol. The average Bonchev–Trinajstić information content (AvgIpc) is 2.49. The summed E-state index contributed by atoms with van der Waals surface area (Å²) in [6, 6.07) is 15.3. The van der Waals surface area contributed by atoms with Gasteiger partial charge in [-0.3, -0.25) is 4.79 Å². The van der Waals surface area contributed by atoms with Gasteiger partial charge in [0, 0.05) is 5.69 Å². The fourth-order valence-corrected chi connectivity index (χ4v) is 2.03. The first kappa shape index (κ1) is 15.1. The number of hydrogen-bond acceptors (Lipinski definition) is 2. The molecule has 0 saturated heterocycles. The van der Waals surface area contributed by atoms with Gasteiger partial charge in [-0.1, -0.05) is 31.2 Å². The Morgan fingerprint density at radius 1 is 1.10 bits per heavy atom. The van der Waals surface area contributed by atoms with Gasteiger partial charge in [0.15, 0.2) is 6.10 Å². The minimum Gasteiger partial charge on any atom is -0.481 e. The first-order valence-corrected chi connectivity index (χ1v) is 7.20. The number of carbonyl (C=O) groups excluding carboxylic acids is 1. The summed E-state index contributed by atoms with van der Waals surface area (Å²) in [5, 5.41) is 2.92.